The van der Waals surface area contributed by atoms with E-state index in [-0.39, 0.29) is 17.5 Å². The lowest BCUT2D eigenvalue weighted by atomic mass is 10.0. The Bertz CT molecular complexity index is 918. The Morgan fingerprint density at radius 2 is 1.93 bits per heavy atom. The van der Waals surface area contributed by atoms with Gasteiger partial charge in [0, 0.05) is 6.07 Å². The number of anilines is 1. The maximum atomic E-state index is 11.5. The summed E-state index contributed by atoms with van der Waals surface area (Å²) in [6.45, 7) is 5.71. The molecule has 3 aromatic rings. The Kier molecular flexibility index (Phi) is 5.49. The van der Waals surface area contributed by atoms with E-state index in [1.165, 1.54) is 6.07 Å². The van der Waals surface area contributed by atoms with Gasteiger partial charge in [-0.25, -0.2) is 4.98 Å². The molecule has 0 spiro atoms. The van der Waals surface area contributed by atoms with Crippen LogP contribution in [0.1, 0.15) is 42.8 Å². The van der Waals surface area contributed by atoms with E-state index in [1.54, 1.807) is 13.0 Å². The lowest BCUT2D eigenvalue weighted by Gasteiger charge is -2.19. The van der Waals surface area contributed by atoms with Gasteiger partial charge >= 0.3 is 5.69 Å². The molecule has 7 nitrogen and oxygen atoms in total. The molecule has 140 valence electrons. The van der Waals surface area contributed by atoms with Gasteiger partial charge in [-0.2, -0.15) is 0 Å². The predicted molar refractivity (Wildman–Crippen MR) is 104 cm³/mol. The van der Waals surface area contributed by atoms with Crippen molar-refractivity contribution in [3.8, 4) is 11.3 Å². The molecule has 7 heteroatoms. The van der Waals surface area contributed by atoms with Crippen molar-refractivity contribution in [2.24, 2.45) is 0 Å². The highest BCUT2D eigenvalue weighted by atomic mass is 16.6. The summed E-state index contributed by atoms with van der Waals surface area (Å²) in [7, 11) is 0. The zero-order chi connectivity index (χ0) is 19.4. The van der Waals surface area contributed by atoms with E-state index in [9.17, 15) is 10.1 Å². The van der Waals surface area contributed by atoms with Gasteiger partial charge in [0.1, 0.15) is 5.76 Å². The van der Waals surface area contributed by atoms with Gasteiger partial charge in [0.05, 0.1) is 27.9 Å². The summed E-state index contributed by atoms with van der Waals surface area (Å²) in [5.74, 6) is 0.882. The molecule has 0 aliphatic heterocycles. The Morgan fingerprint density at radius 1 is 1.19 bits per heavy atom. The molecule has 1 unspecified atom stereocenters. The molecule has 0 aliphatic carbocycles. The second kappa shape index (κ2) is 7.99. The summed E-state index contributed by atoms with van der Waals surface area (Å²) in [5, 5.41) is 18.8. The number of aromatic nitrogens is 2. The van der Waals surface area contributed by atoms with Crippen LogP contribution in [0.25, 0.3) is 11.3 Å². The molecule has 0 fully saturated rings. The molecule has 1 aromatic carbocycles. The zero-order valence-corrected chi connectivity index (χ0v) is 15.6. The van der Waals surface area contributed by atoms with Crippen molar-refractivity contribution in [1.82, 2.24) is 10.1 Å². The van der Waals surface area contributed by atoms with Gasteiger partial charge in [-0.15, -0.1) is 0 Å². The number of nitrogens with one attached hydrogen (secondary N) is 1. The number of benzene rings is 1. The van der Waals surface area contributed by atoms with Crippen LogP contribution in [-0.2, 0) is 0 Å². The molecule has 2 aromatic heterocycles. The van der Waals surface area contributed by atoms with Gasteiger partial charge in [-0.1, -0.05) is 48.8 Å². The van der Waals surface area contributed by atoms with Gasteiger partial charge < -0.3 is 9.84 Å². The second-order valence-corrected chi connectivity index (χ2v) is 6.42. The van der Waals surface area contributed by atoms with Crippen LogP contribution in [-0.4, -0.2) is 15.1 Å². The van der Waals surface area contributed by atoms with E-state index in [0.29, 0.717) is 17.1 Å². The molecule has 2 heterocycles. The number of nitrogens with zero attached hydrogens (tertiary/aromatic N) is 3. The number of hydrogen-bond acceptors (Lipinski definition) is 6. The SMILES string of the molecule is CCCC(Nc1nc(-c2c(C)noc2C)ccc1[N+](=O)[O-])c1ccccc1. The van der Waals surface area contributed by atoms with Crippen molar-refractivity contribution in [2.75, 3.05) is 5.32 Å². The molecule has 0 saturated heterocycles. The van der Waals surface area contributed by atoms with E-state index in [4.69, 9.17) is 4.52 Å². The predicted octanol–water partition coefficient (Wildman–Crippen LogP) is 5.21. The van der Waals surface area contributed by atoms with Crippen molar-refractivity contribution >= 4 is 11.5 Å². The minimum atomic E-state index is -0.416. The standard InChI is InChI=1S/C20H22N4O3/c1-4-8-16(15-9-6-5-7-10-15)21-20-18(24(25)26)12-11-17(22-20)19-13(2)23-27-14(19)3/h5-7,9-12,16H,4,8H2,1-3H3,(H,21,22). The highest BCUT2D eigenvalue weighted by Crippen LogP contribution is 2.33. The number of pyridine rings is 1. The highest BCUT2D eigenvalue weighted by Gasteiger charge is 2.22. The fourth-order valence-electron chi connectivity index (χ4n) is 3.15. The molecule has 3 rings (SSSR count). The molecular weight excluding hydrogens is 344 g/mol. The lowest BCUT2D eigenvalue weighted by molar-refractivity contribution is -0.384. The van der Waals surface area contributed by atoms with Crippen LogP contribution in [0, 0.1) is 24.0 Å². The summed E-state index contributed by atoms with van der Waals surface area (Å²) in [4.78, 5) is 15.7. The van der Waals surface area contributed by atoms with Crippen molar-refractivity contribution < 1.29 is 9.45 Å². The first-order chi connectivity index (χ1) is 13.0. The molecule has 0 radical (unpaired) electrons. The molecular formula is C20H22N4O3. The third kappa shape index (κ3) is 3.97. The summed E-state index contributed by atoms with van der Waals surface area (Å²) in [6, 6.07) is 12.9. The van der Waals surface area contributed by atoms with Crippen LogP contribution in [0.15, 0.2) is 47.0 Å². The Balaban J connectivity index is 2.04. The molecule has 0 bridgehead atoms. The number of hydrogen-bond donors (Lipinski definition) is 1. The van der Waals surface area contributed by atoms with Crippen molar-refractivity contribution in [2.45, 2.75) is 39.7 Å². The van der Waals surface area contributed by atoms with Crippen LogP contribution in [0.4, 0.5) is 11.5 Å². The van der Waals surface area contributed by atoms with Gasteiger partial charge in [0.2, 0.25) is 5.82 Å². The molecule has 1 N–H and O–H groups in total. The lowest BCUT2D eigenvalue weighted by Crippen LogP contribution is -2.13. The zero-order valence-electron chi connectivity index (χ0n) is 15.6. The van der Waals surface area contributed by atoms with Crippen LogP contribution in [0.3, 0.4) is 0 Å². The Morgan fingerprint density at radius 3 is 2.52 bits per heavy atom. The third-order valence-electron chi connectivity index (χ3n) is 4.45. The topological polar surface area (TPSA) is 94.1 Å². The normalized spacial score (nSPS) is 12.0. The number of aryl methyl sites for hydroxylation is 2. The van der Waals surface area contributed by atoms with Gasteiger partial charge in [-0.05, 0) is 31.9 Å². The summed E-state index contributed by atoms with van der Waals surface area (Å²) >= 11 is 0. The molecule has 0 saturated carbocycles. The van der Waals surface area contributed by atoms with E-state index in [2.05, 4.69) is 22.4 Å². The number of nitro groups is 1. The van der Waals surface area contributed by atoms with E-state index in [0.717, 1.165) is 24.0 Å². The Labute approximate surface area is 157 Å². The minimum Gasteiger partial charge on any atom is -0.361 e. The first-order valence-electron chi connectivity index (χ1n) is 8.91. The van der Waals surface area contributed by atoms with Crippen molar-refractivity contribution in [3.63, 3.8) is 0 Å². The highest BCUT2D eigenvalue weighted by molar-refractivity contribution is 5.69. The third-order valence-corrected chi connectivity index (χ3v) is 4.45. The van der Waals surface area contributed by atoms with E-state index in [1.807, 2.05) is 37.3 Å². The van der Waals surface area contributed by atoms with E-state index < -0.39 is 4.92 Å². The van der Waals surface area contributed by atoms with Gasteiger partial charge in [0.25, 0.3) is 0 Å². The monoisotopic (exact) mass is 366 g/mol. The molecule has 27 heavy (non-hydrogen) atoms. The first-order valence-corrected chi connectivity index (χ1v) is 8.91. The summed E-state index contributed by atoms with van der Waals surface area (Å²) in [5.41, 5.74) is 3.08. The Hall–Kier alpha value is -3.22. The van der Waals surface area contributed by atoms with Crippen molar-refractivity contribution in [3.05, 3.63) is 69.6 Å². The van der Waals surface area contributed by atoms with E-state index >= 15 is 0 Å². The summed E-state index contributed by atoms with van der Waals surface area (Å²) < 4.78 is 5.21. The molecule has 0 aliphatic rings. The largest absolute Gasteiger partial charge is 0.361 e. The summed E-state index contributed by atoms with van der Waals surface area (Å²) in [6.07, 6.45) is 1.77. The van der Waals surface area contributed by atoms with Gasteiger partial charge in [0.15, 0.2) is 0 Å². The second-order valence-electron chi connectivity index (χ2n) is 6.42. The van der Waals surface area contributed by atoms with Crippen LogP contribution < -0.4 is 5.32 Å². The quantitative estimate of drug-likeness (QED) is 0.455. The minimum absolute atomic E-state index is 0.0532. The fraction of sp³-hybridized carbons (Fsp3) is 0.300. The maximum absolute atomic E-state index is 11.5. The average molecular weight is 366 g/mol. The molecule has 0 amide bonds. The maximum Gasteiger partial charge on any atom is 0.311 e. The smallest absolute Gasteiger partial charge is 0.311 e. The van der Waals surface area contributed by atoms with Gasteiger partial charge in [-0.3, -0.25) is 10.1 Å². The van der Waals surface area contributed by atoms with Crippen LogP contribution >= 0.6 is 0 Å². The average Bonchev–Trinajstić information content (AvgIpc) is 3.00. The first kappa shape index (κ1) is 18.6. The molecule has 1 atom stereocenters. The van der Waals surface area contributed by atoms with Crippen molar-refractivity contribution in [1.29, 1.82) is 0 Å². The fourth-order valence-corrected chi connectivity index (χ4v) is 3.15. The van der Waals surface area contributed by atoms with Crippen LogP contribution in [0.5, 0.6) is 0 Å². The number of rotatable bonds is 7. The van der Waals surface area contributed by atoms with Crippen LogP contribution in [0.2, 0.25) is 0 Å².